The summed E-state index contributed by atoms with van der Waals surface area (Å²) in [6.45, 7) is 4.37. The normalized spacial score (nSPS) is 12.9. The second kappa shape index (κ2) is 5.95. The van der Waals surface area contributed by atoms with Gasteiger partial charge in [-0.25, -0.2) is 4.98 Å². The highest BCUT2D eigenvalue weighted by Crippen LogP contribution is 2.33. The first-order valence-electron chi connectivity index (χ1n) is 5.94. The number of nitrogens with zero attached hydrogens (tertiary/aromatic N) is 1. The van der Waals surface area contributed by atoms with Crippen LogP contribution < -0.4 is 0 Å². The number of benzene rings is 1. The standard InChI is InChI=1S/C14H16BrNOS/c1-9(2)11(7-17)13-8-18-14(16-13)10-5-3-4-6-12(10)15/h3-6,8-9,11,17H,7H2,1-2H3. The summed E-state index contributed by atoms with van der Waals surface area (Å²) in [6, 6.07) is 8.07. The highest BCUT2D eigenvalue weighted by molar-refractivity contribution is 9.10. The number of rotatable bonds is 4. The number of hydrogen-bond acceptors (Lipinski definition) is 3. The lowest BCUT2D eigenvalue weighted by Gasteiger charge is -2.15. The second-order valence-corrected chi connectivity index (χ2v) is 6.30. The third-order valence-corrected chi connectivity index (χ3v) is 4.59. The van der Waals surface area contributed by atoms with E-state index in [2.05, 4.69) is 46.2 Å². The van der Waals surface area contributed by atoms with Crippen molar-refractivity contribution in [2.24, 2.45) is 5.92 Å². The average molecular weight is 326 g/mol. The van der Waals surface area contributed by atoms with Gasteiger partial charge in [0.25, 0.3) is 0 Å². The number of thiazole rings is 1. The van der Waals surface area contributed by atoms with Crippen LogP contribution in [0.3, 0.4) is 0 Å². The molecule has 0 saturated heterocycles. The molecule has 0 radical (unpaired) electrons. The fourth-order valence-corrected chi connectivity index (χ4v) is 3.39. The van der Waals surface area contributed by atoms with Gasteiger partial charge < -0.3 is 5.11 Å². The van der Waals surface area contributed by atoms with Crippen LogP contribution >= 0.6 is 27.3 Å². The fourth-order valence-electron chi connectivity index (χ4n) is 1.86. The molecule has 1 N–H and O–H groups in total. The van der Waals surface area contributed by atoms with Crippen LogP contribution in [0.4, 0.5) is 0 Å². The highest BCUT2D eigenvalue weighted by atomic mass is 79.9. The minimum Gasteiger partial charge on any atom is -0.396 e. The largest absolute Gasteiger partial charge is 0.396 e. The van der Waals surface area contributed by atoms with Crippen molar-refractivity contribution in [2.45, 2.75) is 19.8 Å². The number of hydrogen-bond donors (Lipinski definition) is 1. The molecule has 18 heavy (non-hydrogen) atoms. The Morgan fingerprint density at radius 1 is 1.33 bits per heavy atom. The Bertz CT molecular complexity index is 524. The molecule has 0 aliphatic rings. The summed E-state index contributed by atoms with van der Waals surface area (Å²) in [5.41, 5.74) is 2.09. The van der Waals surface area contributed by atoms with Gasteiger partial charge in [-0.15, -0.1) is 11.3 Å². The Hall–Kier alpha value is -0.710. The summed E-state index contributed by atoms with van der Waals surface area (Å²) in [5, 5.41) is 12.5. The molecule has 1 atom stereocenters. The predicted octanol–water partition coefficient (Wildman–Crippen LogP) is 4.30. The van der Waals surface area contributed by atoms with Gasteiger partial charge in [0.1, 0.15) is 5.01 Å². The van der Waals surface area contributed by atoms with Gasteiger partial charge in [0.15, 0.2) is 0 Å². The van der Waals surface area contributed by atoms with Crippen molar-refractivity contribution in [2.75, 3.05) is 6.61 Å². The Morgan fingerprint density at radius 3 is 2.67 bits per heavy atom. The highest BCUT2D eigenvalue weighted by Gasteiger charge is 2.18. The smallest absolute Gasteiger partial charge is 0.124 e. The first-order valence-corrected chi connectivity index (χ1v) is 7.62. The van der Waals surface area contributed by atoms with Crippen LogP contribution in [-0.4, -0.2) is 16.7 Å². The van der Waals surface area contributed by atoms with E-state index in [0.717, 1.165) is 20.7 Å². The Kier molecular flexibility index (Phi) is 4.54. The summed E-state index contributed by atoms with van der Waals surface area (Å²) >= 11 is 5.17. The Morgan fingerprint density at radius 2 is 2.06 bits per heavy atom. The molecule has 0 amide bonds. The lowest BCUT2D eigenvalue weighted by Crippen LogP contribution is -2.11. The minimum atomic E-state index is 0.123. The molecule has 2 rings (SSSR count). The number of aliphatic hydroxyl groups is 1. The van der Waals surface area contributed by atoms with Crippen molar-refractivity contribution in [3.05, 3.63) is 39.8 Å². The first kappa shape index (κ1) is 13.7. The van der Waals surface area contributed by atoms with Crippen LogP contribution in [0.2, 0.25) is 0 Å². The summed E-state index contributed by atoms with van der Waals surface area (Å²) in [4.78, 5) is 4.66. The van der Waals surface area contributed by atoms with Gasteiger partial charge in [0.05, 0.1) is 12.3 Å². The number of halogens is 1. The van der Waals surface area contributed by atoms with Crippen molar-refractivity contribution in [1.29, 1.82) is 0 Å². The zero-order chi connectivity index (χ0) is 13.1. The van der Waals surface area contributed by atoms with Crippen LogP contribution in [0.5, 0.6) is 0 Å². The van der Waals surface area contributed by atoms with Gasteiger partial charge in [0.2, 0.25) is 0 Å². The maximum atomic E-state index is 9.44. The summed E-state index contributed by atoms with van der Waals surface area (Å²) in [5.74, 6) is 0.515. The van der Waals surface area contributed by atoms with Crippen LogP contribution in [0.15, 0.2) is 34.1 Å². The predicted molar refractivity (Wildman–Crippen MR) is 79.9 cm³/mol. The molecule has 1 aromatic carbocycles. The lowest BCUT2D eigenvalue weighted by molar-refractivity contribution is 0.235. The third-order valence-electron chi connectivity index (χ3n) is 3.01. The molecule has 4 heteroatoms. The molecule has 0 aliphatic carbocycles. The van der Waals surface area contributed by atoms with E-state index in [0.29, 0.717) is 5.92 Å². The van der Waals surface area contributed by atoms with Crippen molar-refractivity contribution in [3.8, 4) is 10.6 Å². The number of aromatic nitrogens is 1. The van der Waals surface area contributed by atoms with Crippen LogP contribution in [0, 0.1) is 5.92 Å². The van der Waals surface area contributed by atoms with Crippen LogP contribution in [-0.2, 0) is 0 Å². The van der Waals surface area contributed by atoms with Gasteiger partial charge in [-0.3, -0.25) is 0 Å². The summed E-state index contributed by atoms with van der Waals surface area (Å²) < 4.78 is 1.05. The molecule has 96 valence electrons. The van der Waals surface area contributed by atoms with Crippen LogP contribution in [0.25, 0.3) is 10.6 Å². The molecule has 2 aromatic rings. The van der Waals surface area contributed by atoms with E-state index in [1.807, 2.05) is 18.2 Å². The topological polar surface area (TPSA) is 33.1 Å². The van der Waals surface area contributed by atoms with Gasteiger partial charge in [-0.2, -0.15) is 0 Å². The van der Waals surface area contributed by atoms with Crippen molar-refractivity contribution < 1.29 is 5.11 Å². The molecule has 2 nitrogen and oxygen atoms in total. The van der Waals surface area contributed by atoms with E-state index in [1.54, 1.807) is 11.3 Å². The van der Waals surface area contributed by atoms with Gasteiger partial charge in [0, 0.05) is 21.3 Å². The summed E-state index contributed by atoms with van der Waals surface area (Å²) in [7, 11) is 0. The van der Waals surface area contributed by atoms with Gasteiger partial charge in [-0.05, 0) is 12.0 Å². The molecule has 0 fully saturated rings. The van der Waals surface area contributed by atoms with E-state index in [-0.39, 0.29) is 12.5 Å². The Balaban J connectivity index is 2.34. The molecule has 0 spiro atoms. The average Bonchev–Trinajstić information content (AvgIpc) is 2.79. The summed E-state index contributed by atoms with van der Waals surface area (Å²) in [6.07, 6.45) is 0. The van der Waals surface area contributed by atoms with E-state index < -0.39 is 0 Å². The van der Waals surface area contributed by atoms with E-state index in [9.17, 15) is 5.11 Å². The molecule has 0 bridgehead atoms. The number of aliphatic hydroxyl groups excluding tert-OH is 1. The minimum absolute atomic E-state index is 0.123. The van der Waals surface area contributed by atoms with Crippen molar-refractivity contribution in [1.82, 2.24) is 4.98 Å². The molecular formula is C14H16BrNOS. The maximum Gasteiger partial charge on any atom is 0.124 e. The van der Waals surface area contributed by atoms with E-state index in [4.69, 9.17) is 0 Å². The zero-order valence-corrected chi connectivity index (χ0v) is 12.8. The molecule has 0 saturated carbocycles. The molecule has 0 aliphatic heterocycles. The zero-order valence-electron chi connectivity index (χ0n) is 10.4. The van der Waals surface area contributed by atoms with E-state index in [1.165, 1.54) is 0 Å². The molecule has 1 aromatic heterocycles. The van der Waals surface area contributed by atoms with Gasteiger partial charge in [-0.1, -0.05) is 48.0 Å². The van der Waals surface area contributed by atoms with Crippen LogP contribution in [0.1, 0.15) is 25.5 Å². The maximum absolute atomic E-state index is 9.44. The molecular weight excluding hydrogens is 310 g/mol. The van der Waals surface area contributed by atoms with Crippen molar-refractivity contribution >= 4 is 27.3 Å². The third kappa shape index (κ3) is 2.82. The quantitative estimate of drug-likeness (QED) is 0.908. The molecule has 1 heterocycles. The monoisotopic (exact) mass is 325 g/mol. The lowest BCUT2D eigenvalue weighted by atomic mass is 9.94. The van der Waals surface area contributed by atoms with Gasteiger partial charge >= 0.3 is 0 Å². The Labute approximate surface area is 120 Å². The first-order chi connectivity index (χ1) is 8.63. The second-order valence-electron chi connectivity index (χ2n) is 4.59. The molecule has 1 unspecified atom stereocenters. The SMILES string of the molecule is CC(C)C(CO)c1csc(-c2ccccc2Br)n1. The van der Waals surface area contributed by atoms with E-state index >= 15 is 0 Å². The fraction of sp³-hybridized carbons (Fsp3) is 0.357. The van der Waals surface area contributed by atoms with Crippen molar-refractivity contribution in [3.63, 3.8) is 0 Å².